The third-order valence-electron chi connectivity index (χ3n) is 3.98. The van der Waals surface area contributed by atoms with Crippen LogP contribution < -0.4 is 0 Å². The molecule has 102 valence electrons. The van der Waals surface area contributed by atoms with E-state index in [4.69, 9.17) is 9.16 Å². The Balaban J connectivity index is 2.62. The first kappa shape index (κ1) is 15.9. The van der Waals surface area contributed by atoms with Gasteiger partial charge in [-0.15, -0.1) is 0 Å². The number of ether oxygens (including phenoxy) is 1. The van der Waals surface area contributed by atoms with Gasteiger partial charge in [0.2, 0.25) is 0 Å². The van der Waals surface area contributed by atoms with Crippen molar-refractivity contribution in [1.29, 1.82) is 0 Å². The molecule has 0 saturated carbocycles. The molecule has 0 bridgehead atoms. The molecule has 1 aliphatic heterocycles. The summed E-state index contributed by atoms with van der Waals surface area (Å²) in [7, 11) is -1.62. The maximum absolute atomic E-state index is 6.50. The van der Waals surface area contributed by atoms with Crippen molar-refractivity contribution in [3.05, 3.63) is 0 Å². The van der Waals surface area contributed by atoms with Crippen LogP contribution in [0.15, 0.2) is 0 Å². The van der Waals surface area contributed by atoms with Gasteiger partial charge in [0.1, 0.15) is 0 Å². The van der Waals surface area contributed by atoms with Crippen molar-refractivity contribution in [2.24, 2.45) is 0 Å². The maximum atomic E-state index is 6.50. The van der Waals surface area contributed by atoms with Gasteiger partial charge in [-0.2, -0.15) is 0 Å². The van der Waals surface area contributed by atoms with Gasteiger partial charge in [-0.05, 0) is 37.9 Å². The van der Waals surface area contributed by atoms with Crippen LogP contribution in [0.2, 0.25) is 18.1 Å². The number of alkyl halides is 1. The van der Waals surface area contributed by atoms with Crippen LogP contribution in [0, 0.1) is 0 Å². The molecule has 3 atom stereocenters. The molecule has 0 aliphatic carbocycles. The molecule has 1 saturated heterocycles. The molecule has 4 heteroatoms. The SMILES string of the molecule is C[C@H]1C[C@@H](O[Si](C)(C)C(C)(C)C)CC(CI)O1. The van der Waals surface area contributed by atoms with Gasteiger partial charge in [-0.25, -0.2) is 0 Å². The molecule has 0 radical (unpaired) electrons. The van der Waals surface area contributed by atoms with Crippen molar-refractivity contribution in [3.8, 4) is 0 Å². The summed E-state index contributed by atoms with van der Waals surface area (Å²) in [5, 5.41) is 0.300. The zero-order valence-electron chi connectivity index (χ0n) is 12.0. The van der Waals surface area contributed by atoms with E-state index >= 15 is 0 Å². The summed E-state index contributed by atoms with van der Waals surface area (Å²) in [6.45, 7) is 13.8. The molecule has 0 aromatic heterocycles. The molecule has 0 aromatic rings. The van der Waals surface area contributed by atoms with Crippen molar-refractivity contribution in [2.45, 2.75) is 77.0 Å². The molecule has 2 nitrogen and oxygen atoms in total. The van der Waals surface area contributed by atoms with E-state index in [1.165, 1.54) is 0 Å². The smallest absolute Gasteiger partial charge is 0.192 e. The fourth-order valence-corrected chi connectivity index (χ4v) is 3.93. The molecule has 0 N–H and O–H groups in total. The molecule has 1 heterocycles. The summed E-state index contributed by atoms with van der Waals surface area (Å²) in [4.78, 5) is 0. The summed E-state index contributed by atoms with van der Waals surface area (Å²) in [6.07, 6.45) is 3.26. The molecule has 1 unspecified atom stereocenters. The minimum atomic E-state index is -1.62. The second kappa shape index (κ2) is 5.88. The lowest BCUT2D eigenvalue weighted by Gasteiger charge is -2.42. The third kappa shape index (κ3) is 4.47. The molecular formula is C13H27IO2Si. The van der Waals surface area contributed by atoms with Gasteiger partial charge in [-0.3, -0.25) is 0 Å². The third-order valence-corrected chi connectivity index (χ3v) is 9.50. The Hall–Kier alpha value is 0.867. The predicted molar refractivity (Wildman–Crippen MR) is 84.5 cm³/mol. The second-order valence-electron chi connectivity index (χ2n) is 6.69. The van der Waals surface area contributed by atoms with Crippen LogP contribution in [-0.2, 0) is 9.16 Å². The molecule has 17 heavy (non-hydrogen) atoms. The van der Waals surface area contributed by atoms with Gasteiger partial charge in [0.05, 0.1) is 12.2 Å². The Morgan fingerprint density at radius 2 is 1.88 bits per heavy atom. The Morgan fingerprint density at radius 1 is 1.29 bits per heavy atom. The van der Waals surface area contributed by atoms with E-state index in [0.29, 0.717) is 23.4 Å². The van der Waals surface area contributed by atoms with Crippen LogP contribution in [0.25, 0.3) is 0 Å². The molecular weight excluding hydrogens is 343 g/mol. The lowest BCUT2D eigenvalue weighted by atomic mass is 10.0. The number of halogens is 1. The van der Waals surface area contributed by atoms with Gasteiger partial charge in [0, 0.05) is 10.5 Å². The maximum Gasteiger partial charge on any atom is 0.192 e. The van der Waals surface area contributed by atoms with E-state index < -0.39 is 8.32 Å². The van der Waals surface area contributed by atoms with E-state index in [-0.39, 0.29) is 0 Å². The molecule has 1 fully saturated rings. The van der Waals surface area contributed by atoms with Gasteiger partial charge in [0.15, 0.2) is 8.32 Å². The normalized spacial score (nSPS) is 31.6. The Bertz CT molecular complexity index is 250. The molecule has 0 spiro atoms. The quantitative estimate of drug-likeness (QED) is 0.417. The predicted octanol–water partition coefficient (Wildman–Crippen LogP) is 4.38. The van der Waals surface area contributed by atoms with E-state index in [1.807, 2.05) is 0 Å². The molecule has 1 aliphatic rings. The van der Waals surface area contributed by atoms with Gasteiger partial charge < -0.3 is 9.16 Å². The summed E-state index contributed by atoms with van der Waals surface area (Å²) in [5.41, 5.74) is 0. The highest BCUT2D eigenvalue weighted by Crippen LogP contribution is 2.39. The monoisotopic (exact) mass is 370 g/mol. The zero-order chi connectivity index (χ0) is 13.3. The van der Waals surface area contributed by atoms with Gasteiger partial charge in [-0.1, -0.05) is 43.4 Å². The number of hydrogen-bond donors (Lipinski definition) is 0. The Kier molecular flexibility index (Phi) is 5.51. The van der Waals surface area contributed by atoms with Crippen molar-refractivity contribution < 1.29 is 9.16 Å². The topological polar surface area (TPSA) is 18.5 Å². The van der Waals surface area contributed by atoms with Crippen molar-refractivity contribution in [3.63, 3.8) is 0 Å². The van der Waals surface area contributed by atoms with Crippen molar-refractivity contribution >= 4 is 30.9 Å². The Labute approximate surface area is 121 Å². The second-order valence-corrected chi connectivity index (χ2v) is 12.3. The van der Waals surface area contributed by atoms with E-state index in [2.05, 4.69) is 63.4 Å². The van der Waals surface area contributed by atoms with Crippen LogP contribution >= 0.6 is 22.6 Å². The number of hydrogen-bond acceptors (Lipinski definition) is 2. The van der Waals surface area contributed by atoms with E-state index in [9.17, 15) is 0 Å². The van der Waals surface area contributed by atoms with Crippen LogP contribution in [0.4, 0.5) is 0 Å². The minimum Gasteiger partial charge on any atom is -0.414 e. The highest BCUT2D eigenvalue weighted by molar-refractivity contribution is 14.1. The molecule has 0 amide bonds. The fourth-order valence-electron chi connectivity index (χ4n) is 1.99. The lowest BCUT2D eigenvalue weighted by Crippen LogP contribution is -2.47. The summed E-state index contributed by atoms with van der Waals surface area (Å²) in [5.74, 6) is 0. The van der Waals surface area contributed by atoms with Crippen LogP contribution in [0.5, 0.6) is 0 Å². The standard InChI is InChI=1S/C13H27IO2Si/c1-10-7-11(8-12(9-14)15-10)16-17(5,6)13(2,3)4/h10-12H,7-9H2,1-6H3/t10-,11+,12?/m0/s1. The average molecular weight is 370 g/mol. The first-order chi connectivity index (χ1) is 7.65. The van der Waals surface area contributed by atoms with Crippen LogP contribution in [-0.4, -0.2) is 31.1 Å². The number of rotatable bonds is 3. The highest BCUT2D eigenvalue weighted by Gasteiger charge is 2.40. The van der Waals surface area contributed by atoms with Crippen LogP contribution in [0.1, 0.15) is 40.5 Å². The van der Waals surface area contributed by atoms with Gasteiger partial charge >= 0.3 is 0 Å². The van der Waals surface area contributed by atoms with Crippen molar-refractivity contribution in [2.75, 3.05) is 4.43 Å². The summed E-state index contributed by atoms with van der Waals surface area (Å²) >= 11 is 2.41. The van der Waals surface area contributed by atoms with Crippen LogP contribution in [0.3, 0.4) is 0 Å². The van der Waals surface area contributed by atoms with E-state index in [1.54, 1.807) is 0 Å². The first-order valence-electron chi connectivity index (χ1n) is 6.55. The summed E-state index contributed by atoms with van der Waals surface area (Å²) < 4.78 is 13.5. The fraction of sp³-hybridized carbons (Fsp3) is 1.00. The highest BCUT2D eigenvalue weighted by atomic mass is 127. The largest absolute Gasteiger partial charge is 0.414 e. The Morgan fingerprint density at radius 3 is 2.35 bits per heavy atom. The first-order valence-corrected chi connectivity index (χ1v) is 11.0. The zero-order valence-corrected chi connectivity index (χ0v) is 15.2. The molecule has 0 aromatic carbocycles. The van der Waals surface area contributed by atoms with Gasteiger partial charge in [0.25, 0.3) is 0 Å². The molecule has 1 rings (SSSR count). The average Bonchev–Trinajstić information content (AvgIpc) is 2.14. The van der Waals surface area contributed by atoms with Crippen molar-refractivity contribution in [1.82, 2.24) is 0 Å². The minimum absolute atomic E-state index is 0.300. The summed E-state index contributed by atoms with van der Waals surface area (Å²) in [6, 6.07) is 0. The van der Waals surface area contributed by atoms with E-state index in [0.717, 1.165) is 17.3 Å². The lowest BCUT2D eigenvalue weighted by molar-refractivity contribution is -0.0720.